The Hall–Kier alpha value is -2.13. The van der Waals surface area contributed by atoms with Crippen molar-refractivity contribution in [1.29, 1.82) is 0 Å². The van der Waals surface area contributed by atoms with Gasteiger partial charge in [0.15, 0.2) is 5.78 Å². The number of fused-ring (bicyclic) bond motifs is 1. The lowest BCUT2D eigenvalue weighted by Crippen LogP contribution is -2.08. The average Bonchev–Trinajstić information content (AvgIpc) is 2.95. The summed E-state index contributed by atoms with van der Waals surface area (Å²) in [5, 5.41) is 0.424. The number of pyridine rings is 1. The quantitative estimate of drug-likeness (QED) is 0.306. The number of ketones is 1. The minimum Gasteiger partial charge on any atom is -0.295 e. The van der Waals surface area contributed by atoms with Gasteiger partial charge in [0.05, 0.1) is 10.7 Å². The topological polar surface area (TPSA) is 34.4 Å². The third-order valence-corrected chi connectivity index (χ3v) is 5.65. The molecule has 28 heavy (non-hydrogen) atoms. The third kappa shape index (κ3) is 4.30. The molecule has 2 aromatic heterocycles. The molecule has 0 radical (unpaired) electrons. The molecule has 2 heterocycles. The van der Waals surface area contributed by atoms with E-state index >= 15 is 0 Å². The van der Waals surface area contributed by atoms with E-state index in [1.165, 1.54) is 0 Å². The van der Waals surface area contributed by atoms with Crippen LogP contribution in [0.4, 0.5) is 19.4 Å². The number of imidazole rings is 1. The van der Waals surface area contributed by atoms with Crippen molar-refractivity contribution in [1.82, 2.24) is 9.38 Å². The van der Waals surface area contributed by atoms with Crippen molar-refractivity contribution < 1.29 is 24.2 Å². The number of carbonyl (C=O) groups excluding carboxylic acids is 1. The van der Waals surface area contributed by atoms with Gasteiger partial charge in [-0.15, -0.1) is 0 Å². The number of Topliss-reactive ketones (excluding diaryl/α,β-unsaturated/α-hetero) is 1. The minimum absolute atomic E-state index is 0.0108. The van der Waals surface area contributed by atoms with E-state index in [1.807, 2.05) is 6.92 Å². The number of halogens is 6. The molecular weight excluding hydrogens is 423 g/mol. The molecule has 3 aromatic rings. The molecule has 0 aliphatic rings. The fraction of sp³-hybridized carbons (Fsp3) is 0.222. The number of aryl methyl sites for hydroxylation is 2. The zero-order chi connectivity index (χ0) is 20.8. The van der Waals surface area contributed by atoms with Gasteiger partial charge in [-0.05, 0) is 42.7 Å². The predicted molar refractivity (Wildman–Crippen MR) is 100 cm³/mol. The summed E-state index contributed by atoms with van der Waals surface area (Å²) in [5.74, 6) is -0.261. The van der Waals surface area contributed by atoms with Crippen LogP contribution in [-0.2, 0) is 12.8 Å². The van der Waals surface area contributed by atoms with Crippen LogP contribution in [0.1, 0.15) is 35.1 Å². The van der Waals surface area contributed by atoms with E-state index < -0.39 is 15.1 Å². The number of benzene rings is 1. The van der Waals surface area contributed by atoms with Crippen molar-refractivity contribution in [2.75, 3.05) is 0 Å². The van der Waals surface area contributed by atoms with Gasteiger partial charge in [0.2, 0.25) is 0 Å². The molecule has 0 saturated carbocycles. The minimum atomic E-state index is -9.69. The first-order chi connectivity index (χ1) is 12.8. The Bertz CT molecular complexity index is 1060. The first kappa shape index (κ1) is 20.6. The van der Waals surface area contributed by atoms with Gasteiger partial charge in [-0.1, -0.05) is 50.1 Å². The Morgan fingerprint density at radius 3 is 2.29 bits per heavy atom. The molecule has 0 atom stereocenters. The summed E-state index contributed by atoms with van der Waals surface area (Å²) in [7, 11) is -9.69. The second-order valence-corrected chi connectivity index (χ2v) is 9.22. The summed E-state index contributed by atoms with van der Waals surface area (Å²) in [6.45, 7) is 1.85. The molecule has 0 N–H and O–H groups in total. The lowest BCUT2D eigenvalue weighted by molar-refractivity contribution is 0.0976. The van der Waals surface area contributed by atoms with Gasteiger partial charge in [-0.3, -0.25) is 9.20 Å². The smallest absolute Gasteiger partial charge is 0.295 e. The largest absolute Gasteiger partial charge is 0.310 e. The van der Waals surface area contributed by atoms with Crippen LogP contribution in [0.5, 0.6) is 0 Å². The summed E-state index contributed by atoms with van der Waals surface area (Å²) >= 11 is 5.98. The molecule has 3 rings (SSSR count). The fourth-order valence-corrected chi connectivity index (χ4v) is 3.71. The molecule has 3 nitrogen and oxygen atoms in total. The Balaban J connectivity index is 1.82. The van der Waals surface area contributed by atoms with Crippen LogP contribution in [0.3, 0.4) is 0 Å². The van der Waals surface area contributed by atoms with Crippen molar-refractivity contribution >= 4 is 33.3 Å². The lowest BCUT2D eigenvalue weighted by Gasteiger charge is -2.40. The van der Waals surface area contributed by atoms with E-state index in [2.05, 4.69) is 4.98 Å². The summed E-state index contributed by atoms with van der Waals surface area (Å²) in [4.78, 5) is 15.2. The maximum Gasteiger partial charge on any atom is 0.310 e. The molecule has 1 aromatic carbocycles. The van der Waals surface area contributed by atoms with E-state index in [1.54, 1.807) is 22.7 Å². The van der Waals surface area contributed by atoms with Crippen molar-refractivity contribution in [3.63, 3.8) is 0 Å². The standard InChI is InChI=1S/C18H16ClF5N2OS/c1-2-15-18(26-11-13(19)6-10-17(26)25-15)16(27)9-5-12-3-7-14(8-4-12)28(20,21,22,23)24/h3-4,6-8,10-11H,2,5,9H2,1H3. The number of carbonyl (C=O) groups is 1. The zero-order valence-corrected chi connectivity index (χ0v) is 16.2. The molecule has 0 aliphatic heterocycles. The van der Waals surface area contributed by atoms with Crippen LogP contribution in [0, 0.1) is 0 Å². The Morgan fingerprint density at radius 2 is 1.71 bits per heavy atom. The van der Waals surface area contributed by atoms with Gasteiger partial charge in [0.25, 0.3) is 0 Å². The maximum atomic E-state index is 12.8. The molecule has 0 aliphatic carbocycles. The highest BCUT2D eigenvalue weighted by atomic mass is 35.5. The van der Waals surface area contributed by atoms with Crippen LogP contribution in [0.25, 0.3) is 5.65 Å². The van der Waals surface area contributed by atoms with Gasteiger partial charge in [0.1, 0.15) is 16.2 Å². The van der Waals surface area contributed by atoms with Gasteiger partial charge < -0.3 is 0 Å². The highest BCUT2D eigenvalue weighted by molar-refractivity contribution is 8.45. The number of aromatic nitrogens is 2. The lowest BCUT2D eigenvalue weighted by atomic mass is 10.0. The van der Waals surface area contributed by atoms with Gasteiger partial charge in [-0.25, -0.2) is 4.98 Å². The van der Waals surface area contributed by atoms with E-state index in [-0.39, 0.29) is 18.6 Å². The highest BCUT2D eigenvalue weighted by Crippen LogP contribution is 3.02. The monoisotopic (exact) mass is 438 g/mol. The van der Waals surface area contributed by atoms with Crippen molar-refractivity contribution in [2.24, 2.45) is 0 Å². The van der Waals surface area contributed by atoms with Gasteiger partial charge >= 0.3 is 10.2 Å². The van der Waals surface area contributed by atoms with Crippen molar-refractivity contribution in [3.05, 3.63) is 64.6 Å². The number of hydrogen-bond donors (Lipinski definition) is 0. The maximum absolute atomic E-state index is 12.8. The molecule has 152 valence electrons. The summed E-state index contributed by atoms with van der Waals surface area (Å²) < 4.78 is 65.4. The molecule has 10 heteroatoms. The molecule has 0 saturated heterocycles. The van der Waals surface area contributed by atoms with Crippen LogP contribution in [0.15, 0.2) is 47.5 Å². The van der Waals surface area contributed by atoms with E-state index in [0.717, 1.165) is 12.1 Å². The SMILES string of the molecule is CCc1nc2ccc(Cl)cn2c1C(=O)CCc1ccc(S(F)(F)(F)(F)F)cc1. The first-order valence-electron chi connectivity index (χ1n) is 8.31. The second kappa shape index (κ2) is 6.18. The molecule has 0 bridgehead atoms. The number of rotatable bonds is 6. The van der Waals surface area contributed by atoms with E-state index in [4.69, 9.17) is 11.6 Å². The third-order valence-electron chi connectivity index (χ3n) is 4.26. The van der Waals surface area contributed by atoms with E-state index in [0.29, 0.717) is 46.2 Å². The van der Waals surface area contributed by atoms with Crippen molar-refractivity contribution in [3.8, 4) is 0 Å². The second-order valence-electron chi connectivity index (χ2n) is 6.37. The summed E-state index contributed by atoms with van der Waals surface area (Å²) in [6.07, 6.45) is 2.18. The zero-order valence-electron chi connectivity index (χ0n) is 14.6. The van der Waals surface area contributed by atoms with Gasteiger partial charge in [-0.2, -0.15) is 0 Å². The molecule has 0 spiro atoms. The van der Waals surface area contributed by atoms with E-state index in [9.17, 15) is 24.2 Å². The molecule has 0 unspecified atom stereocenters. The molecule has 0 fully saturated rings. The number of hydrogen-bond acceptors (Lipinski definition) is 2. The Labute approximate surface area is 162 Å². The number of nitrogens with zero attached hydrogens (tertiary/aromatic N) is 2. The molecular formula is C18H16ClF5N2OS. The van der Waals surface area contributed by atoms with Crippen LogP contribution < -0.4 is 0 Å². The Kier molecular flexibility index (Phi) is 4.55. The van der Waals surface area contributed by atoms with Crippen molar-refractivity contribution in [2.45, 2.75) is 31.1 Å². The molecule has 0 amide bonds. The predicted octanol–water partition coefficient (Wildman–Crippen LogP) is 7.02. The Morgan fingerprint density at radius 1 is 1.07 bits per heavy atom. The normalized spacial score (nSPS) is 14.7. The van der Waals surface area contributed by atoms with Crippen LogP contribution >= 0.6 is 21.8 Å². The van der Waals surface area contributed by atoms with Crippen LogP contribution in [-0.4, -0.2) is 15.2 Å². The summed E-state index contributed by atoms with van der Waals surface area (Å²) in [5.41, 5.74) is 1.86. The average molecular weight is 439 g/mol. The van der Waals surface area contributed by atoms with Crippen LogP contribution in [0.2, 0.25) is 5.02 Å². The highest BCUT2D eigenvalue weighted by Gasteiger charge is 2.65. The fourth-order valence-electron chi connectivity index (χ4n) is 2.90. The first-order valence-corrected chi connectivity index (χ1v) is 10.6. The van der Waals surface area contributed by atoms with Gasteiger partial charge in [0, 0.05) is 12.6 Å². The summed E-state index contributed by atoms with van der Waals surface area (Å²) in [6, 6.07) is 5.97.